The number of nitrogens with zero attached hydrogens (tertiary/aromatic N) is 3. The topological polar surface area (TPSA) is 41.0 Å². The predicted molar refractivity (Wildman–Crippen MR) is 80.8 cm³/mol. The molecule has 1 aliphatic rings. The molecule has 4 heteroatoms. The molecule has 0 aromatic carbocycles. The molecule has 19 heavy (non-hydrogen) atoms. The van der Waals surface area contributed by atoms with Crippen molar-refractivity contribution < 1.29 is 0 Å². The largest absolute Gasteiger partial charge is 0.370 e. The van der Waals surface area contributed by atoms with Gasteiger partial charge in [0.15, 0.2) is 0 Å². The van der Waals surface area contributed by atoms with Crippen molar-refractivity contribution in [2.24, 2.45) is 5.41 Å². The van der Waals surface area contributed by atoms with Crippen LogP contribution in [-0.4, -0.2) is 29.6 Å². The van der Waals surface area contributed by atoms with Gasteiger partial charge in [-0.05, 0) is 25.2 Å². The van der Waals surface area contributed by atoms with Crippen LogP contribution in [0.5, 0.6) is 0 Å². The maximum absolute atomic E-state index is 4.70. The highest BCUT2D eigenvalue weighted by Gasteiger charge is 2.27. The van der Waals surface area contributed by atoms with Crippen LogP contribution in [0.15, 0.2) is 6.07 Å². The standard InChI is InChI=1S/C15H26N4/c1-5-12-17-13(16-6-2)10-14(18-12)19-9-7-8-15(3,4)11-19/h10H,5-9,11H2,1-4H3,(H,16,17,18). The zero-order valence-corrected chi connectivity index (χ0v) is 12.7. The quantitative estimate of drug-likeness (QED) is 0.905. The van der Waals surface area contributed by atoms with Crippen LogP contribution in [0, 0.1) is 5.41 Å². The molecule has 0 bridgehead atoms. The molecule has 1 aliphatic heterocycles. The fraction of sp³-hybridized carbons (Fsp3) is 0.733. The lowest BCUT2D eigenvalue weighted by Crippen LogP contribution is -2.40. The van der Waals surface area contributed by atoms with Crippen molar-refractivity contribution in [1.29, 1.82) is 0 Å². The summed E-state index contributed by atoms with van der Waals surface area (Å²) in [5, 5.41) is 3.30. The Morgan fingerprint density at radius 3 is 2.74 bits per heavy atom. The molecular weight excluding hydrogens is 236 g/mol. The van der Waals surface area contributed by atoms with E-state index in [1.165, 1.54) is 12.8 Å². The highest BCUT2D eigenvalue weighted by molar-refractivity contribution is 5.50. The minimum absolute atomic E-state index is 0.383. The Bertz CT molecular complexity index is 428. The summed E-state index contributed by atoms with van der Waals surface area (Å²) in [6.45, 7) is 12.0. The fourth-order valence-corrected chi connectivity index (χ4v) is 2.69. The van der Waals surface area contributed by atoms with Gasteiger partial charge in [0.05, 0.1) is 0 Å². The van der Waals surface area contributed by atoms with Crippen molar-refractivity contribution >= 4 is 11.6 Å². The fourth-order valence-electron chi connectivity index (χ4n) is 2.69. The molecule has 106 valence electrons. The van der Waals surface area contributed by atoms with Gasteiger partial charge in [-0.2, -0.15) is 0 Å². The third-order valence-corrected chi connectivity index (χ3v) is 3.66. The van der Waals surface area contributed by atoms with E-state index < -0.39 is 0 Å². The molecule has 0 saturated carbocycles. The summed E-state index contributed by atoms with van der Waals surface area (Å²) in [4.78, 5) is 11.6. The second kappa shape index (κ2) is 5.76. The number of rotatable bonds is 4. The average molecular weight is 262 g/mol. The first-order valence-corrected chi connectivity index (χ1v) is 7.41. The number of aromatic nitrogens is 2. The summed E-state index contributed by atoms with van der Waals surface area (Å²) >= 11 is 0. The van der Waals surface area contributed by atoms with Gasteiger partial charge in [0.2, 0.25) is 0 Å². The maximum atomic E-state index is 4.70. The molecule has 1 N–H and O–H groups in total. The molecule has 0 atom stereocenters. The first-order valence-electron chi connectivity index (χ1n) is 7.41. The van der Waals surface area contributed by atoms with Crippen molar-refractivity contribution in [3.8, 4) is 0 Å². The van der Waals surface area contributed by atoms with Crippen LogP contribution < -0.4 is 10.2 Å². The van der Waals surface area contributed by atoms with Crippen LogP contribution in [0.25, 0.3) is 0 Å². The number of hydrogen-bond acceptors (Lipinski definition) is 4. The molecule has 4 nitrogen and oxygen atoms in total. The molecule has 0 spiro atoms. The zero-order valence-electron chi connectivity index (χ0n) is 12.7. The van der Waals surface area contributed by atoms with Crippen molar-refractivity contribution in [3.63, 3.8) is 0 Å². The Morgan fingerprint density at radius 1 is 1.32 bits per heavy atom. The monoisotopic (exact) mass is 262 g/mol. The lowest BCUT2D eigenvalue weighted by molar-refractivity contribution is 0.292. The Labute approximate surface area is 116 Å². The molecule has 0 radical (unpaired) electrons. The molecule has 1 saturated heterocycles. The Hall–Kier alpha value is -1.32. The summed E-state index contributed by atoms with van der Waals surface area (Å²) in [6.07, 6.45) is 3.42. The van der Waals surface area contributed by atoms with Gasteiger partial charge in [-0.3, -0.25) is 0 Å². The van der Waals surface area contributed by atoms with Gasteiger partial charge in [0.25, 0.3) is 0 Å². The van der Waals surface area contributed by atoms with E-state index in [1.807, 2.05) is 0 Å². The lowest BCUT2D eigenvalue weighted by Gasteiger charge is -2.38. The molecule has 1 aromatic rings. The van der Waals surface area contributed by atoms with Crippen LogP contribution in [-0.2, 0) is 6.42 Å². The van der Waals surface area contributed by atoms with Gasteiger partial charge in [0.1, 0.15) is 17.5 Å². The van der Waals surface area contributed by atoms with E-state index >= 15 is 0 Å². The van der Waals surface area contributed by atoms with E-state index in [4.69, 9.17) is 4.98 Å². The molecule has 2 heterocycles. The highest BCUT2D eigenvalue weighted by Crippen LogP contribution is 2.31. The van der Waals surface area contributed by atoms with Crippen LogP contribution in [0.3, 0.4) is 0 Å². The molecular formula is C15H26N4. The van der Waals surface area contributed by atoms with E-state index in [0.717, 1.165) is 43.5 Å². The number of hydrogen-bond donors (Lipinski definition) is 1. The van der Waals surface area contributed by atoms with Crippen molar-refractivity contribution in [1.82, 2.24) is 9.97 Å². The van der Waals surface area contributed by atoms with E-state index in [0.29, 0.717) is 5.41 Å². The minimum atomic E-state index is 0.383. The van der Waals surface area contributed by atoms with Crippen LogP contribution in [0.2, 0.25) is 0 Å². The zero-order chi connectivity index (χ0) is 13.9. The van der Waals surface area contributed by atoms with Gasteiger partial charge in [0, 0.05) is 32.1 Å². The number of aryl methyl sites for hydroxylation is 1. The average Bonchev–Trinajstić information content (AvgIpc) is 2.37. The summed E-state index contributed by atoms with van der Waals surface area (Å²) in [7, 11) is 0. The number of piperidine rings is 1. The van der Waals surface area contributed by atoms with Gasteiger partial charge < -0.3 is 10.2 Å². The summed E-state index contributed by atoms with van der Waals surface area (Å²) in [5.41, 5.74) is 0.383. The molecule has 0 aliphatic carbocycles. The Morgan fingerprint density at radius 2 is 2.11 bits per heavy atom. The summed E-state index contributed by atoms with van der Waals surface area (Å²) < 4.78 is 0. The van der Waals surface area contributed by atoms with E-state index in [2.05, 4.69) is 49.0 Å². The van der Waals surface area contributed by atoms with Crippen LogP contribution in [0.4, 0.5) is 11.6 Å². The van der Waals surface area contributed by atoms with Gasteiger partial charge in [-0.1, -0.05) is 20.8 Å². The third kappa shape index (κ3) is 3.58. The highest BCUT2D eigenvalue weighted by atomic mass is 15.2. The first-order chi connectivity index (χ1) is 9.04. The van der Waals surface area contributed by atoms with Crippen molar-refractivity contribution in [2.45, 2.75) is 47.0 Å². The molecule has 2 rings (SSSR count). The first kappa shape index (κ1) is 14.1. The second-order valence-electron chi connectivity index (χ2n) is 6.10. The van der Waals surface area contributed by atoms with Crippen LogP contribution >= 0.6 is 0 Å². The summed E-state index contributed by atoms with van der Waals surface area (Å²) in [5.74, 6) is 2.96. The molecule has 0 unspecified atom stereocenters. The maximum Gasteiger partial charge on any atom is 0.134 e. The number of nitrogens with one attached hydrogen (secondary N) is 1. The Kier molecular flexibility index (Phi) is 4.27. The Balaban J connectivity index is 2.25. The van der Waals surface area contributed by atoms with Crippen molar-refractivity contribution in [3.05, 3.63) is 11.9 Å². The SMILES string of the molecule is CCNc1cc(N2CCCC(C)(C)C2)nc(CC)n1. The normalized spacial score (nSPS) is 18.4. The van der Waals surface area contributed by atoms with Gasteiger partial charge >= 0.3 is 0 Å². The second-order valence-corrected chi connectivity index (χ2v) is 6.10. The molecule has 1 fully saturated rings. The van der Waals surface area contributed by atoms with E-state index in [-0.39, 0.29) is 0 Å². The smallest absolute Gasteiger partial charge is 0.134 e. The predicted octanol–water partition coefficient (Wildman–Crippen LogP) is 3.10. The summed E-state index contributed by atoms with van der Waals surface area (Å²) in [6, 6.07) is 2.09. The van der Waals surface area contributed by atoms with Crippen molar-refractivity contribution in [2.75, 3.05) is 29.9 Å². The third-order valence-electron chi connectivity index (χ3n) is 3.66. The number of anilines is 2. The lowest BCUT2D eigenvalue weighted by atomic mass is 9.84. The van der Waals surface area contributed by atoms with Crippen LogP contribution in [0.1, 0.15) is 46.4 Å². The van der Waals surface area contributed by atoms with E-state index in [9.17, 15) is 0 Å². The van der Waals surface area contributed by atoms with E-state index in [1.54, 1.807) is 0 Å². The minimum Gasteiger partial charge on any atom is -0.370 e. The van der Waals surface area contributed by atoms with Gasteiger partial charge in [-0.25, -0.2) is 9.97 Å². The molecule has 0 amide bonds. The van der Waals surface area contributed by atoms with Gasteiger partial charge in [-0.15, -0.1) is 0 Å². The molecule has 1 aromatic heterocycles.